The number of aryl methyl sites for hydroxylation is 1. The van der Waals surface area contributed by atoms with E-state index in [1.165, 1.54) is 10.3 Å². The number of rotatable bonds is 1. The summed E-state index contributed by atoms with van der Waals surface area (Å²) in [7, 11) is 0. The molecule has 13 heavy (non-hydrogen) atoms. The lowest BCUT2D eigenvalue weighted by atomic mass is 10.2. The lowest BCUT2D eigenvalue weighted by Gasteiger charge is -2.06. The third kappa shape index (κ3) is 1.32. The normalized spacial score (nSPS) is 10.9. The van der Waals surface area contributed by atoms with Gasteiger partial charge in [0.1, 0.15) is 5.75 Å². The Morgan fingerprint density at radius 2 is 2.23 bits per heavy atom. The second kappa shape index (κ2) is 3.24. The van der Waals surface area contributed by atoms with Crippen LogP contribution in [0.25, 0.3) is 10.1 Å². The number of hydrogen-bond acceptors (Lipinski definition) is 3. The van der Waals surface area contributed by atoms with E-state index in [2.05, 4.69) is 12.3 Å². The van der Waals surface area contributed by atoms with Crippen molar-refractivity contribution in [3.63, 3.8) is 0 Å². The van der Waals surface area contributed by atoms with Crippen LogP contribution in [0, 0.1) is 6.92 Å². The fraction of sp³-hybridized carbons (Fsp3) is 0.200. The first-order valence-corrected chi connectivity index (χ1v) is 6.08. The van der Waals surface area contributed by atoms with E-state index in [0.29, 0.717) is 5.75 Å². The summed E-state index contributed by atoms with van der Waals surface area (Å²) >= 11 is 3.32. The second-order valence-electron chi connectivity index (χ2n) is 2.89. The van der Waals surface area contributed by atoms with E-state index in [9.17, 15) is 5.11 Å². The Morgan fingerprint density at radius 3 is 2.92 bits per heavy atom. The summed E-state index contributed by atoms with van der Waals surface area (Å²) in [6, 6.07) is 3.88. The summed E-state index contributed by atoms with van der Waals surface area (Å²) in [6.45, 7) is 2.06. The van der Waals surface area contributed by atoms with Gasteiger partial charge in [-0.05, 0) is 41.6 Å². The molecule has 0 aliphatic carbocycles. The van der Waals surface area contributed by atoms with Crippen molar-refractivity contribution in [1.29, 1.82) is 0 Å². The highest BCUT2D eigenvalue weighted by molar-refractivity contribution is 7.98. The number of benzene rings is 1. The van der Waals surface area contributed by atoms with Crippen molar-refractivity contribution in [1.82, 2.24) is 0 Å². The number of phenols is 1. The zero-order valence-electron chi connectivity index (χ0n) is 7.50. The largest absolute Gasteiger partial charge is 0.507 e. The van der Waals surface area contributed by atoms with Gasteiger partial charge in [0.05, 0.1) is 4.90 Å². The van der Waals surface area contributed by atoms with Crippen LogP contribution in [0.1, 0.15) is 5.56 Å². The van der Waals surface area contributed by atoms with Gasteiger partial charge in [-0.15, -0.1) is 23.1 Å². The number of thioether (sulfide) groups is 1. The third-order valence-corrected chi connectivity index (χ3v) is 4.08. The predicted molar refractivity (Wildman–Crippen MR) is 60.0 cm³/mol. The molecule has 0 unspecified atom stereocenters. The van der Waals surface area contributed by atoms with Crippen molar-refractivity contribution >= 4 is 33.2 Å². The van der Waals surface area contributed by atoms with Crippen molar-refractivity contribution in [2.45, 2.75) is 11.8 Å². The minimum absolute atomic E-state index is 0.399. The minimum Gasteiger partial charge on any atom is -0.507 e. The first-order chi connectivity index (χ1) is 6.24. The zero-order chi connectivity index (χ0) is 9.42. The molecule has 2 aromatic rings. The minimum atomic E-state index is 0.399. The molecule has 0 aliphatic heterocycles. The maximum absolute atomic E-state index is 9.69. The summed E-state index contributed by atoms with van der Waals surface area (Å²) in [5, 5.41) is 12.9. The summed E-state index contributed by atoms with van der Waals surface area (Å²) in [5.41, 5.74) is 1.19. The van der Waals surface area contributed by atoms with Crippen molar-refractivity contribution in [3.8, 4) is 5.75 Å². The smallest absolute Gasteiger partial charge is 0.130 e. The van der Waals surface area contributed by atoms with Gasteiger partial charge in [0.15, 0.2) is 0 Å². The lowest BCUT2D eigenvalue weighted by Crippen LogP contribution is -1.80. The highest BCUT2D eigenvalue weighted by atomic mass is 32.2. The third-order valence-electron chi connectivity index (χ3n) is 2.11. The summed E-state index contributed by atoms with van der Waals surface area (Å²) in [5.74, 6) is 0.399. The molecule has 0 bridgehead atoms. The number of thiophene rings is 1. The first kappa shape index (κ1) is 8.91. The molecule has 0 fully saturated rings. The molecular weight excluding hydrogens is 200 g/mol. The van der Waals surface area contributed by atoms with Gasteiger partial charge in [-0.3, -0.25) is 0 Å². The standard InChI is InChI=1S/C10H10OS2/c1-6-9-7(3-4-13-9)5-8(11)10(6)12-2/h3-5,11H,1-2H3. The van der Waals surface area contributed by atoms with E-state index in [4.69, 9.17) is 0 Å². The number of fused-ring (bicyclic) bond motifs is 1. The quantitative estimate of drug-likeness (QED) is 0.725. The van der Waals surface area contributed by atoms with Crippen molar-refractivity contribution < 1.29 is 5.11 Å². The molecule has 1 aromatic carbocycles. The predicted octanol–water partition coefficient (Wildman–Crippen LogP) is 3.64. The molecule has 0 saturated heterocycles. The van der Waals surface area contributed by atoms with Crippen molar-refractivity contribution in [3.05, 3.63) is 23.1 Å². The van der Waals surface area contributed by atoms with Crippen LogP contribution in [0.15, 0.2) is 22.4 Å². The fourth-order valence-electron chi connectivity index (χ4n) is 1.50. The fourth-order valence-corrected chi connectivity index (χ4v) is 3.14. The topological polar surface area (TPSA) is 20.2 Å². The maximum atomic E-state index is 9.69. The monoisotopic (exact) mass is 210 g/mol. The molecule has 1 nitrogen and oxygen atoms in total. The van der Waals surface area contributed by atoms with E-state index < -0.39 is 0 Å². The Kier molecular flexibility index (Phi) is 2.22. The number of aromatic hydroxyl groups is 1. The van der Waals surface area contributed by atoms with Crippen LogP contribution in [0.2, 0.25) is 0 Å². The van der Waals surface area contributed by atoms with E-state index in [-0.39, 0.29) is 0 Å². The number of phenolic OH excluding ortho intramolecular Hbond substituents is 1. The summed E-state index contributed by atoms with van der Waals surface area (Å²) in [6.07, 6.45) is 1.99. The Balaban J connectivity index is 2.85. The van der Waals surface area contributed by atoms with E-state index in [1.54, 1.807) is 23.1 Å². The highest BCUT2D eigenvalue weighted by Crippen LogP contribution is 2.37. The van der Waals surface area contributed by atoms with Crippen LogP contribution in [0.3, 0.4) is 0 Å². The van der Waals surface area contributed by atoms with Gasteiger partial charge in [0.25, 0.3) is 0 Å². The molecule has 1 aromatic heterocycles. The van der Waals surface area contributed by atoms with Crippen molar-refractivity contribution in [2.75, 3.05) is 6.26 Å². The van der Waals surface area contributed by atoms with E-state index in [1.807, 2.05) is 18.4 Å². The maximum Gasteiger partial charge on any atom is 0.130 e. The Bertz CT molecular complexity index is 445. The van der Waals surface area contributed by atoms with Gasteiger partial charge in [-0.2, -0.15) is 0 Å². The van der Waals surface area contributed by atoms with Gasteiger partial charge >= 0.3 is 0 Å². The molecule has 1 N–H and O–H groups in total. The molecular formula is C10H10OS2. The molecule has 3 heteroatoms. The average Bonchev–Trinajstić information content (AvgIpc) is 2.53. The van der Waals surface area contributed by atoms with Gasteiger partial charge in [-0.1, -0.05) is 0 Å². The van der Waals surface area contributed by atoms with Gasteiger partial charge in [0.2, 0.25) is 0 Å². The summed E-state index contributed by atoms with van der Waals surface area (Å²) in [4.78, 5) is 0.995. The van der Waals surface area contributed by atoms with Gasteiger partial charge in [0, 0.05) is 4.70 Å². The Morgan fingerprint density at radius 1 is 1.46 bits per heavy atom. The molecule has 68 valence electrons. The summed E-state index contributed by atoms with van der Waals surface area (Å²) < 4.78 is 1.28. The van der Waals surface area contributed by atoms with Crippen molar-refractivity contribution in [2.24, 2.45) is 0 Å². The van der Waals surface area contributed by atoms with E-state index >= 15 is 0 Å². The molecule has 2 rings (SSSR count). The molecule has 0 aliphatic rings. The SMILES string of the molecule is CSc1c(O)cc2ccsc2c1C. The number of hydrogen-bond donors (Lipinski definition) is 1. The van der Waals surface area contributed by atoms with Crippen LogP contribution >= 0.6 is 23.1 Å². The molecule has 0 saturated carbocycles. The van der Waals surface area contributed by atoms with E-state index in [0.717, 1.165) is 10.3 Å². The molecule has 1 heterocycles. The molecule has 0 amide bonds. The Labute approximate surface area is 85.4 Å². The first-order valence-electron chi connectivity index (χ1n) is 3.98. The average molecular weight is 210 g/mol. The lowest BCUT2D eigenvalue weighted by molar-refractivity contribution is 0.463. The Hall–Kier alpha value is -0.670. The highest BCUT2D eigenvalue weighted by Gasteiger charge is 2.08. The van der Waals surface area contributed by atoms with Gasteiger partial charge < -0.3 is 5.11 Å². The zero-order valence-corrected chi connectivity index (χ0v) is 9.13. The molecule has 0 spiro atoms. The van der Waals surface area contributed by atoms with Crippen LogP contribution in [-0.4, -0.2) is 11.4 Å². The second-order valence-corrected chi connectivity index (χ2v) is 4.63. The molecule has 0 atom stereocenters. The van der Waals surface area contributed by atoms with Crippen LogP contribution < -0.4 is 0 Å². The van der Waals surface area contributed by atoms with Crippen LogP contribution in [-0.2, 0) is 0 Å². The molecule has 0 radical (unpaired) electrons. The van der Waals surface area contributed by atoms with Gasteiger partial charge in [-0.25, -0.2) is 0 Å². The van der Waals surface area contributed by atoms with Crippen LogP contribution in [0.4, 0.5) is 0 Å². The van der Waals surface area contributed by atoms with Crippen LogP contribution in [0.5, 0.6) is 5.75 Å².